The lowest BCUT2D eigenvalue weighted by Gasteiger charge is -2.13. The minimum Gasteiger partial charge on any atom is -0.478 e. The maximum absolute atomic E-state index is 13.3. The van der Waals surface area contributed by atoms with Gasteiger partial charge in [-0.25, -0.2) is 17.6 Å². The van der Waals surface area contributed by atoms with E-state index in [0.29, 0.717) is 12.1 Å². The second-order valence-electron chi connectivity index (χ2n) is 4.43. The first kappa shape index (κ1) is 17.6. The summed E-state index contributed by atoms with van der Waals surface area (Å²) in [6.45, 7) is -3.17. The van der Waals surface area contributed by atoms with Crippen molar-refractivity contribution in [1.29, 1.82) is 0 Å². The van der Waals surface area contributed by atoms with Crippen molar-refractivity contribution in [1.82, 2.24) is 0 Å². The van der Waals surface area contributed by atoms with E-state index >= 15 is 0 Å². The number of ether oxygens (including phenoxy) is 1. The van der Waals surface area contributed by atoms with Crippen molar-refractivity contribution >= 4 is 21.7 Å². The molecule has 0 radical (unpaired) electrons. The predicted molar refractivity (Wildman–Crippen MR) is 77.2 cm³/mol. The quantitative estimate of drug-likeness (QED) is 0.825. The number of carboxylic acid groups (broad SMARTS) is 1. The van der Waals surface area contributed by atoms with E-state index in [-0.39, 0.29) is 5.69 Å². The van der Waals surface area contributed by atoms with Gasteiger partial charge in [0, 0.05) is 0 Å². The Balaban J connectivity index is 2.40. The van der Waals surface area contributed by atoms with E-state index < -0.39 is 44.6 Å². The minimum atomic E-state index is -4.35. The molecule has 0 aromatic heterocycles. The highest BCUT2D eigenvalue weighted by atomic mass is 32.2. The van der Waals surface area contributed by atoms with Crippen LogP contribution in [0.1, 0.15) is 10.4 Å². The fraction of sp³-hybridized carbons (Fsp3) is 0.0714. The first-order valence-electron chi connectivity index (χ1n) is 6.30. The number of hydrogen-bond acceptors (Lipinski definition) is 4. The zero-order valence-electron chi connectivity index (χ0n) is 11.7. The number of halogens is 3. The highest BCUT2D eigenvalue weighted by molar-refractivity contribution is 7.92. The summed E-state index contributed by atoms with van der Waals surface area (Å²) < 4.78 is 68.7. The van der Waals surface area contributed by atoms with Gasteiger partial charge in [0.15, 0.2) is 0 Å². The Hall–Kier alpha value is -2.75. The summed E-state index contributed by atoms with van der Waals surface area (Å²) in [5, 5.41) is 8.83. The van der Waals surface area contributed by atoms with E-state index in [1.54, 1.807) is 0 Å². The van der Waals surface area contributed by atoms with Gasteiger partial charge in [-0.15, -0.1) is 0 Å². The third-order valence-electron chi connectivity index (χ3n) is 2.83. The second-order valence-corrected chi connectivity index (χ2v) is 6.11. The topological polar surface area (TPSA) is 92.7 Å². The number of benzene rings is 2. The number of para-hydroxylation sites is 2. The van der Waals surface area contributed by atoms with Gasteiger partial charge in [0.2, 0.25) is 0 Å². The van der Waals surface area contributed by atoms with E-state index in [9.17, 15) is 26.4 Å². The van der Waals surface area contributed by atoms with Crippen molar-refractivity contribution in [2.24, 2.45) is 0 Å². The van der Waals surface area contributed by atoms with E-state index in [1.807, 2.05) is 4.72 Å². The highest BCUT2D eigenvalue weighted by Gasteiger charge is 2.21. The second kappa shape index (κ2) is 6.79. The Kier molecular flexibility index (Phi) is 4.98. The smallest absolute Gasteiger partial charge is 0.387 e. The number of carbonyl (C=O) groups is 1. The van der Waals surface area contributed by atoms with Crippen molar-refractivity contribution in [3.8, 4) is 5.75 Å². The van der Waals surface area contributed by atoms with Crippen LogP contribution in [0.15, 0.2) is 47.4 Å². The van der Waals surface area contributed by atoms with Gasteiger partial charge in [-0.3, -0.25) is 4.72 Å². The van der Waals surface area contributed by atoms with Gasteiger partial charge < -0.3 is 9.84 Å². The van der Waals surface area contributed by atoms with Gasteiger partial charge in [0.1, 0.15) is 11.6 Å². The van der Waals surface area contributed by atoms with E-state index in [4.69, 9.17) is 5.11 Å². The molecule has 0 amide bonds. The van der Waals surface area contributed by atoms with Crippen LogP contribution in [0, 0.1) is 5.82 Å². The number of hydrogen-bond donors (Lipinski definition) is 2. The van der Waals surface area contributed by atoms with E-state index in [1.165, 1.54) is 18.2 Å². The van der Waals surface area contributed by atoms with Crippen LogP contribution in [-0.4, -0.2) is 26.1 Å². The van der Waals surface area contributed by atoms with Crippen LogP contribution >= 0.6 is 0 Å². The molecule has 0 atom stereocenters. The first-order chi connectivity index (χ1) is 11.2. The summed E-state index contributed by atoms with van der Waals surface area (Å²) >= 11 is 0. The molecule has 0 saturated carbocycles. The Bertz CT molecular complexity index is 870. The van der Waals surface area contributed by atoms with Crippen LogP contribution < -0.4 is 9.46 Å². The number of anilines is 1. The lowest BCUT2D eigenvalue weighted by atomic mass is 10.2. The lowest BCUT2D eigenvalue weighted by Crippen LogP contribution is -2.15. The van der Waals surface area contributed by atoms with Gasteiger partial charge in [-0.2, -0.15) is 8.78 Å². The molecule has 0 fully saturated rings. The standard InChI is InChI=1S/C14H10F3NO5S/c15-10-6-5-8(7-9(10)13(19)20)24(21,22)18-11-3-1-2-4-12(11)23-14(16)17/h1-7,14,18H,(H,19,20). The molecule has 0 heterocycles. The summed E-state index contributed by atoms with van der Waals surface area (Å²) in [4.78, 5) is 10.3. The summed E-state index contributed by atoms with van der Waals surface area (Å²) in [5.74, 6) is -3.18. The molecule has 24 heavy (non-hydrogen) atoms. The zero-order chi connectivity index (χ0) is 17.9. The van der Waals surface area contributed by atoms with E-state index in [2.05, 4.69) is 4.74 Å². The molecule has 2 aromatic carbocycles. The van der Waals surface area contributed by atoms with Gasteiger partial charge in [-0.1, -0.05) is 12.1 Å². The molecule has 2 rings (SSSR count). The molecule has 10 heteroatoms. The average Bonchev–Trinajstić information content (AvgIpc) is 2.48. The lowest BCUT2D eigenvalue weighted by molar-refractivity contribution is -0.0493. The monoisotopic (exact) mass is 361 g/mol. The van der Waals surface area contributed by atoms with Crippen molar-refractivity contribution in [3.05, 3.63) is 53.8 Å². The minimum absolute atomic E-state index is 0.279. The van der Waals surface area contributed by atoms with E-state index in [0.717, 1.165) is 12.1 Å². The SMILES string of the molecule is O=C(O)c1cc(S(=O)(=O)Nc2ccccc2OC(F)F)ccc1F. The molecule has 0 spiro atoms. The third kappa shape index (κ3) is 3.96. The maximum Gasteiger partial charge on any atom is 0.387 e. The molecule has 0 saturated heterocycles. The fourth-order valence-corrected chi connectivity index (χ4v) is 2.89. The maximum atomic E-state index is 13.3. The molecule has 128 valence electrons. The largest absolute Gasteiger partial charge is 0.478 e. The van der Waals surface area contributed by atoms with Crippen LogP contribution in [0.25, 0.3) is 0 Å². The molecule has 2 aromatic rings. The van der Waals surface area contributed by atoms with Crippen LogP contribution in [0.4, 0.5) is 18.9 Å². The van der Waals surface area contributed by atoms with Crippen LogP contribution in [0.3, 0.4) is 0 Å². The predicted octanol–water partition coefficient (Wildman–Crippen LogP) is 2.93. The first-order valence-corrected chi connectivity index (χ1v) is 7.78. The third-order valence-corrected chi connectivity index (χ3v) is 4.19. The molecule has 0 aliphatic carbocycles. The number of alkyl halides is 2. The van der Waals surface area contributed by atoms with Gasteiger partial charge >= 0.3 is 12.6 Å². The Morgan fingerprint density at radius 2 is 1.83 bits per heavy atom. The molecule has 6 nitrogen and oxygen atoms in total. The van der Waals surface area contributed by atoms with Gasteiger partial charge in [0.25, 0.3) is 10.0 Å². The zero-order valence-corrected chi connectivity index (χ0v) is 12.6. The van der Waals surface area contributed by atoms with Crippen molar-refractivity contribution in [3.63, 3.8) is 0 Å². The molecule has 0 aliphatic heterocycles. The van der Waals surface area contributed by atoms with Gasteiger partial charge in [0.05, 0.1) is 16.1 Å². The number of aromatic carboxylic acids is 1. The molecular weight excluding hydrogens is 351 g/mol. The number of nitrogens with one attached hydrogen (secondary N) is 1. The van der Waals surface area contributed by atoms with Crippen molar-refractivity contribution < 1.29 is 36.2 Å². The van der Waals surface area contributed by atoms with Crippen LogP contribution in [0.5, 0.6) is 5.75 Å². The molecule has 0 bridgehead atoms. The number of carboxylic acids is 1. The summed E-state index contributed by atoms with van der Waals surface area (Å²) in [7, 11) is -4.35. The molecule has 0 unspecified atom stereocenters. The molecular formula is C14H10F3NO5S. The molecule has 0 aliphatic rings. The normalized spacial score (nSPS) is 11.3. The van der Waals surface area contributed by atoms with Crippen LogP contribution in [-0.2, 0) is 10.0 Å². The average molecular weight is 361 g/mol. The number of sulfonamides is 1. The fourth-order valence-electron chi connectivity index (χ4n) is 1.79. The van der Waals surface area contributed by atoms with Gasteiger partial charge in [-0.05, 0) is 30.3 Å². The highest BCUT2D eigenvalue weighted by Crippen LogP contribution is 2.28. The Morgan fingerprint density at radius 1 is 1.17 bits per heavy atom. The summed E-state index contributed by atoms with van der Waals surface area (Å²) in [6.07, 6.45) is 0. The number of rotatable bonds is 6. The Labute approximate surface area is 134 Å². The van der Waals surface area contributed by atoms with Crippen molar-refractivity contribution in [2.45, 2.75) is 11.5 Å². The molecule has 2 N–H and O–H groups in total. The van der Waals surface area contributed by atoms with Crippen molar-refractivity contribution in [2.75, 3.05) is 4.72 Å². The summed E-state index contributed by atoms with van der Waals surface area (Å²) in [6, 6.07) is 7.19. The summed E-state index contributed by atoms with van der Waals surface area (Å²) in [5.41, 5.74) is -1.12. The van der Waals surface area contributed by atoms with Crippen LogP contribution in [0.2, 0.25) is 0 Å². The Morgan fingerprint density at radius 3 is 2.46 bits per heavy atom.